The molecule has 5 nitrogen and oxygen atoms in total. The van der Waals surface area contributed by atoms with Crippen LogP contribution in [0.25, 0.3) is 0 Å². The minimum absolute atomic E-state index is 0.143. The number of amides is 1. The summed E-state index contributed by atoms with van der Waals surface area (Å²) in [5, 5.41) is 2.96. The van der Waals surface area contributed by atoms with E-state index >= 15 is 0 Å². The van der Waals surface area contributed by atoms with Gasteiger partial charge in [-0.2, -0.15) is 0 Å². The molecule has 24 heavy (non-hydrogen) atoms. The third-order valence-electron chi connectivity index (χ3n) is 3.69. The van der Waals surface area contributed by atoms with Gasteiger partial charge in [-0.3, -0.25) is 4.79 Å². The Hall–Kier alpha value is -2.53. The summed E-state index contributed by atoms with van der Waals surface area (Å²) in [7, 11) is 7.17. The van der Waals surface area contributed by atoms with Crippen LogP contribution in [-0.4, -0.2) is 39.1 Å². The highest BCUT2D eigenvalue weighted by Gasteiger charge is 2.11. The predicted octanol–water partition coefficient (Wildman–Crippen LogP) is 2.70. The van der Waals surface area contributed by atoms with Crippen LogP contribution in [0.1, 0.15) is 21.5 Å². The monoisotopic (exact) mass is 328 g/mol. The number of benzene rings is 2. The van der Waals surface area contributed by atoms with Crippen LogP contribution in [0, 0.1) is 0 Å². The van der Waals surface area contributed by atoms with Gasteiger partial charge in [0.2, 0.25) is 0 Å². The van der Waals surface area contributed by atoms with E-state index in [1.54, 1.807) is 32.4 Å². The first-order valence-electron chi connectivity index (χ1n) is 7.77. The van der Waals surface area contributed by atoms with Crippen molar-refractivity contribution in [2.45, 2.75) is 13.1 Å². The molecule has 0 bridgehead atoms. The standard InChI is InChI=1S/C19H24N2O3/c1-21(2)13-16-8-6-5-7-15(16)12-20-19(22)14-9-10-17(23-3)18(11-14)24-4/h5-11H,12-13H2,1-4H3,(H,20,22). The summed E-state index contributed by atoms with van der Waals surface area (Å²) < 4.78 is 10.4. The Labute approximate surface area is 143 Å². The lowest BCUT2D eigenvalue weighted by molar-refractivity contribution is 0.0950. The summed E-state index contributed by atoms with van der Waals surface area (Å²) in [5.41, 5.74) is 2.85. The molecule has 2 rings (SSSR count). The van der Waals surface area contributed by atoms with Crippen molar-refractivity contribution < 1.29 is 14.3 Å². The molecule has 2 aromatic carbocycles. The molecule has 5 heteroatoms. The molecule has 1 N–H and O–H groups in total. The van der Waals surface area contributed by atoms with Gasteiger partial charge in [-0.1, -0.05) is 24.3 Å². The number of nitrogens with one attached hydrogen (secondary N) is 1. The maximum atomic E-state index is 12.4. The van der Waals surface area contributed by atoms with Gasteiger partial charge >= 0.3 is 0 Å². The molecule has 128 valence electrons. The molecule has 0 unspecified atom stereocenters. The molecular weight excluding hydrogens is 304 g/mol. The molecule has 0 heterocycles. The summed E-state index contributed by atoms with van der Waals surface area (Å²) in [4.78, 5) is 14.5. The Morgan fingerprint density at radius 2 is 1.67 bits per heavy atom. The van der Waals surface area contributed by atoms with E-state index in [0.29, 0.717) is 23.6 Å². The van der Waals surface area contributed by atoms with E-state index in [9.17, 15) is 4.79 Å². The molecule has 0 saturated heterocycles. The van der Waals surface area contributed by atoms with Crippen molar-refractivity contribution in [2.75, 3.05) is 28.3 Å². The van der Waals surface area contributed by atoms with Gasteiger partial charge in [0.25, 0.3) is 5.91 Å². The van der Waals surface area contributed by atoms with E-state index in [1.165, 1.54) is 5.56 Å². The van der Waals surface area contributed by atoms with Crippen LogP contribution in [0.4, 0.5) is 0 Å². The fourth-order valence-corrected chi connectivity index (χ4v) is 2.48. The smallest absolute Gasteiger partial charge is 0.251 e. The maximum absolute atomic E-state index is 12.4. The Morgan fingerprint density at radius 1 is 1.00 bits per heavy atom. The van der Waals surface area contributed by atoms with Crippen LogP contribution in [0.5, 0.6) is 11.5 Å². The highest BCUT2D eigenvalue weighted by Crippen LogP contribution is 2.27. The lowest BCUT2D eigenvalue weighted by Crippen LogP contribution is -2.24. The van der Waals surface area contributed by atoms with Gasteiger partial charge in [-0.15, -0.1) is 0 Å². The number of carbonyl (C=O) groups is 1. The van der Waals surface area contributed by atoms with Gasteiger partial charge in [0.05, 0.1) is 14.2 Å². The van der Waals surface area contributed by atoms with E-state index in [4.69, 9.17) is 9.47 Å². The zero-order chi connectivity index (χ0) is 17.5. The molecule has 2 aromatic rings. The number of ether oxygens (including phenoxy) is 2. The number of hydrogen-bond acceptors (Lipinski definition) is 4. The highest BCUT2D eigenvalue weighted by atomic mass is 16.5. The highest BCUT2D eigenvalue weighted by molar-refractivity contribution is 5.94. The van der Waals surface area contributed by atoms with Gasteiger partial charge in [0.1, 0.15) is 0 Å². The number of methoxy groups -OCH3 is 2. The van der Waals surface area contributed by atoms with Crippen molar-refractivity contribution in [1.29, 1.82) is 0 Å². The molecule has 0 aliphatic rings. The average Bonchev–Trinajstić information content (AvgIpc) is 2.59. The molecule has 0 aliphatic heterocycles. The van der Waals surface area contributed by atoms with E-state index in [-0.39, 0.29) is 5.91 Å². The topological polar surface area (TPSA) is 50.8 Å². The number of rotatable bonds is 7. The molecule has 0 saturated carbocycles. The van der Waals surface area contributed by atoms with Gasteiger partial charge < -0.3 is 19.7 Å². The Kier molecular flexibility index (Phi) is 6.21. The Balaban J connectivity index is 2.09. The first kappa shape index (κ1) is 17.8. The van der Waals surface area contributed by atoms with Crippen LogP contribution >= 0.6 is 0 Å². The second-order valence-corrected chi connectivity index (χ2v) is 5.76. The maximum Gasteiger partial charge on any atom is 0.251 e. The molecule has 0 spiro atoms. The molecular formula is C19H24N2O3. The molecule has 0 aromatic heterocycles. The second-order valence-electron chi connectivity index (χ2n) is 5.76. The molecule has 0 atom stereocenters. The van der Waals surface area contributed by atoms with E-state index in [1.807, 2.05) is 32.3 Å². The number of carbonyl (C=O) groups excluding carboxylic acids is 1. The van der Waals surface area contributed by atoms with Crippen molar-refractivity contribution >= 4 is 5.91 Å². The lowest BCUT2D eigenvalue weighted by atomic mass is 10.1. The van der Waals surface area contributed by atoms with Crippen LogP contribution in [-0.2, 0) is 13.1 Å². The first-order valence-corrected chi connectivity index (χ1v) is 7.77. The number of hydrogen-bond donors (Lipinski definition) is 1. The Bertz CT molecular complexity index is 699. The number of nitrogens with zero attached hydrogens (tertiary/aromatic N) is 1. The van der Waals surface area contributed by atoms with E-state index in [0.717, 1.165) is 12.1 Å². The SMILES string of the molecule is COc1ccc(C(=O)NCc2ccccc2CN(C)C)cc1OC. The largest absolute Gasteiger partial charge is 0.493 e. The van der Waals surface area contributed by atoms with Gasteiger partial charge in [-0.05, 0) is 43.4 Å². The minimum atomic E-state index is -0.143. The summed E-state index contributed by atoms with van der Waals surface area (Å²) in [6, 6.07) is 13.2. The normalized spacial score (nSPS) is 10.5. The summed E-state index contributed by atoms with van der Waals surface area (Å²) in [6.07, 6.45) is 0. The quantitative estimate of drug-likeness (QED) is 0.849. The van der Waals surface area contributed by atoms with E-state index in [2.05, 4.69) is 16.3 Å². The van der Waals surface area contributed by atoms with Crippen molar-refractivity contribution in [3.63, 3.8) is 0 Å². The van der Waals surface area contributed by atoms with Gasteiger partial charge in [0.15, 0.2) is 11.5 Å². The fourth-order valence-electron chi connectivity index (χ4n) is 2.48. The zero-order valence-electron chi connectivity index (χ0n) is 14.6. The molecule has 0 fully saturated rings. The van der Waals surface area contributed by atoms with Crippen molar-refractivity contribution in [3.8, 4) is 11.5 Å². The first-order chi connectivity index (χ1) is 11.5. The van der Waals surface area contributed by atoms with Crippen molar-refractivity contribution in [2.24, 2.45) is 0 Å². The minimum Gasteiger partial charge on any atom is -0.493 e. The summed E-state index contributed by atoms with van der Waals surface area (Å²) in [6.45, 7) is 1.32. The van der Waals surface area contributed by atoms with Crippen LogP contribution in [0.15, 0.2) is 42.5 Å². The molecule has 0 aliphatic carbocycles. The van der Waals surface area contributed by atoms with Crippen LogP contribution in [0.2, 0.25) is 0 Å². The lowest BCUT2D eigenvalue weighted by Gasteiger charge is -2.15. The zero-order valence-corrected chi connectivity index (χ0v) is 14.6. The third kappa shape index (κ3) is 4.49. The summed E-state index contributed by atoms with van der Waals surface area (Å²) >= 11 is 0. The van der Waals surface area contributed by atoms with Crippen molar-refractivity contribution in [3.05, 3.63) is 59.2 Å². The van der Waals surface area contributed by atoms with E-state index < -0.39 is 0 Å². The fraction of sp³-hybridized carbons (Fsp3) is 0.316. The molecule has 1 amide bonds. The third-order valence-corrected chi connectivity index (χ3v) is 3.69. The van der Waals surface area contributed by atoms with Gasteiger partial charge in [0, 0.05) is 18.7 Å². The van der Waals surface area contributed by atoms with Crippen molar-refractivity contribution in [1.82, 2.24) is 10.2 Å². The van der Waals surface area contributed by atoms with Crippen LogP contribution in [0.3, 0.4) is 0 Å². The van der Waals surface area contributed by atoms with Gasteiger partial charge in [-0.25, -0.2) is 0 Å². The average molecular weight is 328 g/mol. The van der Waals surface area contributed by atoms with Crippen LogP contribution < -0.4 is 14.8 Å². The summed E-state index contributed by atoms with van der Waals surface area (Å²) in [5.74, 6) is 0.999. The second kappa shape index (κ2) is 8.36. The predicted molar refractivity (Wildman–Crippen MR) is 94.5 cm³/mol. The molecule has 0 radical (unpaired) electrons. The Morgan fingerprint density at radius 3 is 2.29 bits per heavy atom.